The Kier molecular flexibility index (Phi) is 5.49. The maximum absolute atomic E-state index is 9.22. The van der Waals surface area contributed by atoms with Crippen molar-refractivity contribution in [2.24, 2.45) is 0 Å². The van der Waals surface area contributed by atoms with Crippen molar-refractivity contribution in [1.82, 2.24) is 0 Å². The Bertz CT molecular complexity index is 263. The number of hydrogen-bond acceptors (Lipinski definition) is 3. The van der Waals surface area contributed by atoms with Gasteiger partial charge in [-0.15, -0.1) is 11.8 Å². The van der Waals surface area contributed by atoms with Gasteiger partial charge in [0.2, 0.25) is 0 Å². The van der Waals surface area contributed by atoms with Gasteiger partial charge in [0.05, 0.1) is 0 Å². The van der Waals surface area contributed by atoms with Gasteiger partial charge in [-0.3, -0.25) is 0 Å². The van der Waals surface area contributed by atoms with Gasteiger partial charge in [-0.05, 0) is 31.5 Å². The molecule has 0 amide bonds. The summed E-state index contributed by atoms with van der Waals surface area (Å²) in [7, 11) is 0. The van der Waals surface area contributed by atoms with Crippen molar-refractivity contribution in [2.45, 2.75) is 18.2 Å². The van der Waals surface area contributed by atoms with E-state index in [0.717, 1.165) is 30.3 Å². The summed E-state index contributed by atoms with van der Waals surface area (Å²) in [6, 6.07) is 7.33. The number of thioether (sulfide) groups is 1. The van der Waals surface area contributed by atoms with Crippen LogP contribution in [0.1, 0.15) is 13.3 Å². The molecule has 0 heterocycles. The lowest BCUT2D eigenvalue weighted by molar-refractivity contribution is 0.149. The fourth-order valence-corrected chi connectivity index (χ4v) is 1.95. The standard InChI is InChI=1S/C11H16O2S/c1-2-13-7-4-8-14-11-6-3-5-10(12)9-11/h3,5-6,9,12H,2,4,7-8H2,1H3. The second kappa shape index (κ2) is 6.74. The third-order valence-electron chi connectivity index (χ3n) is 1.72. The molecule has 1 rings (SSSR count). The van der Waals surface area contributed by atoms with Gasteiger partial charge >= 0.3 is 0 Å². The minimum absolute atomic E-state index is 0.333. The minimum atomic E-state index is 0.333. The fourth-order valence-electron chi connectivity index (χ4n) is 1.07. The largest absolute Gasteiger partial charge is 0.508 e. The zero-order chi connectivity index (χ0) is 10.2. The van der Waals surface area contributed by atoms with Crippen molar-refractivity contribution in [3.05, 3.63) is 24.3 Å². The van der Waals surface area contributed by atoms with Gasteiger partial charge in [0.25, 0.3) is 0 Å². The summed E-state index contributed by atoms with van der Waals surface area (Å²) in [5.74, 6) is 1.36. The van der Waals surface area contributed by atoms with E-state index >= 15 is 0 Å². The van der Waals surface area contributed by atoms with Gasteiger partial charge in [-0.2, -0.15) is 0 Å². The van der Waals surface area contributed by atoms with Gasteiger partial charge in [0.15, 0.2) is 0 Å². The maximum atomic E-state index is 9.22. The van der Waals surface area contributed by atoms with Gasteiger partial charge in [0.1, 0.15) is 5.75 Å². The molecular weight excluding hydrogens is 196 g/mol. The minimum Gasteiger partial charge on any atom is -0.508 e. The van der Waals surface area contributed by atoms with Gasteiger partial charge in [-0.25, -0.2) is 0 Å². The van der Waals surface area contributed by atoms with Crippen molar-refractivity contribution in [3.8, 4) is 5.75 Å². The highest BCUT2D eigenvalue weighted by molar-refractivity contribution is 7.99. The molecule has 2 nitrogen and oxygen atoms in total. The van der Waals surface area contributed by atoms with Crippen LogP contribution in [0.3, 0.4) is 0 Å². The second-order valence-electron chi connectivity index (χ2n) is 2.90. The highest BCUT2D eigenvalue weighted by Crippen LogP contribution is 2.22. The molecule has 0 aliphatic rings. The van der Waals surface area contributed by atoms with Crippen molar-refractivity contribution in [3.63, 3.8) is 0 Å². The van der Waals surface area contributed by atoms with E-state index < -0.39 is 0 Å². The Morgan fingerprint density at radius 3 is 3.00 bits per heavy atom. The van der Waals surface area contributed by atoms with Crippen molar-refractivity contribution >= 4 is 11.8 Å². The van der Waals surface area contributed by atoms with Crippen LogP contribution < -0.4 is 0 Å². The highest BCUT2D eigenvalue weighted by Gasteiger charge is 1.95. The lowest BCUT2D eigenvalue weighted by Gasteiger charge is -2.02. The van der Waals surface area contributed by atoms with Crippen LogP contribution in [0.4, 0.5) is 0 Å². The molecule has 3 heteroatoms. The molecule has 14 heavy (non-hydrogen) atoms. The first-order valence-corrected chi connectivity index (χ1v) is 5.81. The number of benzene rings is 1. The Labute approximate surface area is 89.3 Å². The predicted molar refractivity (Wildman–Crippen MR) is 59.9 cm³/mol. The van der Waals surface area contributed by atoms with E-state index in [1.807, 2.05) is 19.1 Å². The Morgan fingerprint density at radius 1 is 1.43 bits per heavy atom. The molecule has 1 aromatic carbocycles. The predicted octanol–water partition coefficient (Wildman–Crippen LogP) is 2.91. The first-order valence-electron chi connectivity index (χ1n) is 4.82. The van der Waals surface area contributed by atoms with Gasteiger partial charge in [-0.1, -0.05) is 6.07 Å². The quantitative estimate of drug-likeness (QED) is 0.581. The molecule has 0 atom stereocenters. The SMILES string of the molecule is CCOCCCSc1cccc(O)c1. The van der Waals surface area contributed by atoms with Crippen LogP contribution in [-0.2, 0) is 4.74 Å². The molecule has 0 aromatic heterocycles. The van der Waals surface area contributed by atoms with E-state index in [1.165, 1.54) is 0 Å². The van der Waals surface area contributed by atoms with Gasteiger partial charge in [0, 0.05) is 23.9 Å². The zero-order valence-electron chi connectivity index (χ0n) is 8.40. The van der Waals surface area contributed by atoms with Crippen LogP contribution in [0.5, 0.6) is 5.75 Å². The topological polar surface area (TPSA) is 29.5 Å². The van der Waals surface area contributed by atoms with E-state index in [4.69, 9.17) is 4.74 Å². The van der Waals surface area contributed by atoms with E-state index in [-0.39, 0.29) is 0 Å². The van der Waals surface area contributed by atoms with Crippen molar-refractivity contribution in [1.29, 1.82) is 0 Å². The number of aromatic hydroxyl groups is 1. The molecule has 0 spiro atoms. The number of rotatable bonds is 6. The lowest BCUT2D eigenvalue weighted by Crippen LogP contribution is -1.94. The fraction of sp³-hybridized carbons (Fsp3) is 0.455. The van der Waals surface area contributed by atoms with Crippen LogP contribution in [0.15, 0.2) is 29.2 Å². The normalized spacial score (nSPS) is 10.4. The molecule has 78 valence electrons. The first-order chi connectivity index (χ1) is 6.83. The third-order valence-corrected chi connectivity index (χ3v) is 2.80. The summed E-state index contributed by atoms with van der Waals surface area (Å²) >= 11 is 1.75. The molecule has 1 aromatic rings. The Balaban J connectivity index is 2.18. The van der Waals surface area contributed by atoms with E-state index in [0.29, 0.717) is 5.75 Å². The van der Waals surface area contributed by atoms with E-state index in [9.17, 15) is 5.11 Å². The van der Waals surface area contributed by atoms with E-state index in [1.54, 1.807) is 23.9 Å². The first kappa shape index (κ1) is 11.4. The molecule has 0 saturated carbocycles. The highest BCUT2D eigenvalue weighted by atomic mass is 32.2. The summed E-state index contributed by atoms with van der Waals surface area (Å²) in [4.78, 5) is 1.11. The number of phenols is 1. The van der Waals surface area contributed by atoms with Crippen LogP contribution in [-0.4, -0.2) is 24.1 Å². The van der Waals surface area contributed by atoms with Crippen LogP contribution in [0.2, 0.25) is 0 Å². The Hall–Kier alpha value is -0.670. The molecule has 1 N–H and O–H groups in total. The summed E-state index contributed by atoms with van der Waals surface area (Å²) in [6.07, 6.45) is 1.05. The smallest absolute Gasteiger partial charge is 0.116 e. The number of ether oxygens (including phenoxy) is 1. The monoisotopic (exact) mass is 212 g/mol. The van der Waals surface area contributed by atoms with Crippen LogP contribution >= 0.6 is 11.8 Å². The lowest BCUT2D eigenvalue weighted by atomic mass is 10.3. The van der Waals surface area contributed by atoms with E-state index in [2.05, 4.69) is 0 Å². The average Bonchev–Trinajstić information content (AvgIpc) is 2.18. The van der Waals surface area contributed by atoms with Crippen LogP contribution in [0.25, 0.3) is 0 Å². The number of hydrogen-bond donors (Lipinski definition) is 1. The van der Waals surface area contributed by atoms with Crippen LogP contribution in [0, 0.1) is 0 Å². The van der Waals surface area contributed by atoms with Gasteiger partial charge < -0.3 is 9.84 Å². The molecule has 0 aliphatic heterocycles. The zero-order valence-corrected chi connectivity index (χ0v) is 9.22. The number of phenolic OH excluding ortho intramolecular Hbond substituents is 1. The maximum Gasteiger partial charge on any atom is 0.116 e. The molecule has 0 bridgehead atoms. The Morgan fingerprint density at radius 2 is 2.29 bits per heavy atom. The average molecular weight is 212 g/mol. The van der Waals surface area contributed by atoms with Crippen molar-refractivity contribution in [2.75, 3.05) is 19.0 Å². The molecule has 0 saturated heterocycles. The summed E-state index contributed by atoms with van der Waals surface area (Å²) in [5.41, 5.74) is 0. The summed E-state index contributed by atoms with van der Waals surface area (Å²) in [5, 5.41) is 9.22. The molecule has 0 unspecified atom stereocenters. The third kappa shape index (κ3) is 4.53. The van der Waals surface area contributed by atoms with Crippen molar-refractivity contribution < 1.29 is 9.84 Å². The molecule has 0 fully saturated rings. The summed E-state index contributed by atoms with van der Waals surface area (Å²) in [6.45, 7) is 3.61. The second-order valence-corrected chi connectivity index (χ2v) is 4.06. The molecule has 0 aliphatic carbocycles. The molecule has 0 radical (unpaired) electrons. The summed E-state index contributed by atoms with van der Waals surface area (Å²) < 4.78 is 5.23. The molecular formula is C11H16O2S.